The molecule has 1 N–H and O–H groups in total. The largest absolute Gasteiger partial charge is 0.441 e. The molecule has 0 radical (unpaired) electrons. The van der Waals surface area contributed by atoms with Crippen molar-refractivity contribution < 1.29 is 9.53 Å². The molecule has 1 fully saturated rings. The first-order valence-corrected chi connectivity index (χ1v) is 8.01. The SMILES string of the molecule is CCNC(=O)OC(CCN1CCCCC1)c1ccccc1. The molecule has 21 heavy (non-hydrogen) atoms. The van der Waals surface area contributed by atoms with E-state index in [-0.39, 0.29) is 12.2 Å². The average molecular weight is 290 g/mol. The number of likely N-dealkylation sites (tertiary alicyclic amines) is 1. The van der Waals surface area contributed by atoms with Crippen LogP contribution in [0, 0.1) is 0 Å². The van der Waals surface area contributed by atoms with Crippen molar-refractivity contribution in [3.63, 3.8) is 0 Å². The minimum atomic E-state index is -0.329. The summed E-state index contributed by atoms with van der Waals surface area (Å²) in [6.07, 6.45) is 4.26. The maximum Gasteiger partial charge on any atom is 0.407 e. The Morgan fingerprint density at radius 3 is 2.62 bits per heavy atom. The number of carbonyl (C=O) groups excluding carboxylic acids is 1. The van der Waals surface area contributed by atoms with E-state index in [2.05, 4.69) is 10.2 Å². The summed E-state index contributed by atoms with van der Waals surface area (Å²) in [4.78, 5) is 14.2. The maximum absolute atomic E-state index is 11.7. The number of benzene rings is 1. The lowest BCUT2D eigenvalue weighted by molar-refractivity contribution is 0.0822. The summed E-state index contributed by atoms with van der Waals surface area (Å²) in [6.45, 7) is 5.81. The molecule has 1 unspecified atom stereocenters. The van der Waals surface area contributed by atoms with E-state index < -0.39 is 0 Å². The number of nitrogens with zero attached hydrogens (tertiary/aromatic N) is 1. The third-order valence-electron chi connectivity index (χ3n) is 3.90. The number of ether oxygens (including phenoxy) is 1. The second-order valence-electron chi connectivity index (χ2n) is 5.53. The maximum atomic E-state index is 11.7. The van der Waals surface area contributed by atoms with E-state index in [1.807, 2.05) is 37.3 Å². The summed E-state index contributed by atoms with van der Waals surface area (Å²) in [6, 6.07) is 10.0. The van der Waals surface area contributed by atoms with Crippen LogP contribution in [0.25, 0.3) is 0 Å². The monoisotopic (exact) mass is 290 g/mol. The number of hydrogen-bond donors (Lipinski definition) is 1. The molecule has 1 amide bonds. The van der Waals surface area contributed by atoms with Gasteiger partial charge in [-0.3, -0.25) is 0 Å². The molecule has 4 heteroatoms. The molecule has 1 atom stereocenters. The van der Waals surface area contributed by atoms with Gasteiger partial charge in [-0.2, -0.15) is 0 Å². The minimum Gasteiger partial charge on any atom is -0.441 e. The minimum absolute atomic E-state index is 0.167. The molecule has 4 nitrogen and oxygen atoms in total. The number of carbonyl (C=O) groups is 1. The van der Waals surface area contributed by atoms with Crippen LogP contribution in [-0.4, -0.2) is 37.2 Å². The smallest absolute Gasteiger partial charge is 0.407 e. The Morgan fingerprint density at radius 2 is 1.95 bits per heavy atom. The van der Waals surface area contributed by atoms with Gasteiger partial charge in [-0.05, 0) is 38.4 Å². The number of nitrogens with one attached hydrogen (secondary N) is 1. The van der Waals surface area contributed by atoms with Crippen LogP contribution in [0.3, 0.4) is 0 Å². The van der Waals surface area contributed by atoms with Gasteiger partial charge >= 0.3 is 6.09 Å². The molecule has 1 heterocycles. The summed E-state index contributed by atoms with van der Waals surface area (Å²) < 4.78 is 5.59. The summed E-state index contributed by atoms with van der Waals surface area (Å²) in [5.74, 6) is 0. The van der Waals surface area contributed by atoms with Gasteiger partial charge in [-0.25, -0.2) is 4.79 Å². The van der Waals surface area contributed by atoms with Crippen molar-refractivity contribution in [2.45, 2.75) is 38.7 Å². The summed E-state index contributed by atoms with van der Waals surface area (Å²) in [5, 5.41) is 2.71. The highest BCUT2D eigenvalue weighted by molar-refractivity contribution is 5.67. The van der Waals surface area contributed by atoms with Gasteiger partial charge in [0.25, 0.3) is 0 Å². The van der Waals surface area contributed by atoms with E-state index in [9.17, 15) is 4.79 Å². The molecule has 1 aromatic rings. The Balaban J connectivity index is 1.92. The summed E-state index contributed by atoms with van der Waals surface area (Å²) >= 11 is 0. The third kappa shape index (κ3) is 5.38. The molecule has 0 aliphatic carbocycles. The first-order chi connectivity index (χ1) is 10.3. The predicted molar refractivity (Wildman–Crippen MR) is 84.2 cm³/mol. The van der Waals surface area contributed by atoms with Crippen molar-refractivity contribution in [3.8, 4) is 0 Å². The van der Waals surface area contributed by atoms with E-state index in [1.165, 1.54) is 32.4 Å². The molecule has 0 spiro atoms. The molecule has 0 bridgehead atoms. The van der Waals surface area contributed by atoms with Crippen molar-refractivity contribution >= 4 is 6.09 Å². The van der Waals surface area contributed by atoms with E-state index in [0.717, 1.165) is 18.5 Å². The van der Waals surface area contributed by atoms with Crippen LogP contribution in [0.1, 0.15) is 44.3 Å². The third-order valence-corrected chi connectivity index (χ3v) is 3.90. The standard InChI is InChI=1S/C17H26N2O2/c1-2-18-17(20)21-16(15-9-5-3-6-10-15)11-14-19-12-7-4-8-13-19/h3,5-6,9-10,16H,2,4,7-8,11-14H2,1H3,(H,18,20). The molecule has 1 saturated heterocycles. The Kier molecular flexibility index (Phi) is 6.54. The second-order valence-corrected chi connectivity index (χ2v) is 5.53. The average Bonchev–Trinajstić information content (AvgIpc) is 2.53. The predicted octanol–water partition coefficient (Wildman–Crippen LogP) is 3.35. The number of amides is 1. The van der Waals surface area contributed by atoms with Crippen molar-refractivity contribution in [1.82, 2.24) is 10.2 Å². The second kappa shape index (κ2) is 8.67. The van der Waals surface area contributed by atoms with Crippen LogP contribution in [0.4, 0.5) is 4.79 Å². The zero-order valence-electron chi connectivity index (χ0n) is 12.9. The Labute approximate surface area is 127 Å². The first kappa shape index (κ1) is 15.8. The van der Waals surface area contributed by atoms with E-state index in [4.69, 9.17) is 4.74 Å². The normalized spacial score (nSPS) is 17.2. The van der Waals surface area contributed by atoms with Gasteiger partial charge in [-0.15, -0.1) is 0 Å². The van der Waals surface area contributed by atoms with Crippen LogP contribution in [0.5, 0.6) is 0 Å². The lowest BCUT2D eigenvalue weighted by atomic mass is 10.1. The number of piperidine rings is 1. The fourth-order valence-corrected chi connectivity index (χ4v) is 2.76. The Bertz CT molecular complexity index is 416. The van der Waals surface area contributed by atoms with Gasteiger partial charge in [0, 0.05) is 19.5 Å². The van der Waals surface area contributed by atoms with Crippen LogP contribution < -0.4 is 5.32 Å². The highest BCUT2D eigenvalue weighted by Crippen LogP contribution is 2.22. The van der Waals surface area contributed by atoms with Crippen LogP contribution >= 0.6 is 0 Å². The molecule has 0 saturated carbocycles. The van der Waals surface area contributed by atoms with E-state index in [0.29, 0.717) is 6.54 Å². The van der Waals surface area contributed by atoms with Gasteiger partial charge in [0.05, 0.1) is 0 Å². The molecule has 1 aromatic carbocycles. The molecule has 1 aliphatic rings. The zero-order chi connectivity index (χ0) is 14.9. The fraction of sp³-hybridized carbons (Fsp3) is 0.588. The summed E-state index contributed by atoms with van der Waals surface area (Å²) in [5.41, 5.74) is 1.07. The van der Waals surface area contributed by atoms with E-state index >= 15 is 0 Å². The summed E-state index contributed by atoms with van der Waals surface area (Å²) in [7, 11) is 0. The first-order valence-electron chi connectivity index (χ1n) is 8.01. The van der Waals surface area contributed by atoms with E-state index in [1.54, 1.807) is 0 Å². The number of alkyl carbamates (subject to hydrolysis) is 1. The Hall–Kier alpha value is -1.55. The van der Waals surface area contributed by atoms with Gasteiger partial charge in [0.2, 0.25) is 0 Å². The zero-order valence-corrected chi connectivity index (χ0v) is 12.9. The topological polar surface area (TPSA) is 41.6 Å². The van der Waals surface area contributed by atoms with Crippen LogP contribution in [0.2, 0.25) is 0 Å². The van der Waals surface area contributed by atoms with Crippen molar-refractivity contribution in [2.24, 2.45) is 0 Å². The van der Waals surface area contributed by atoms with Crippen molar-refractivity contribution in [2.75, 3.05) is 26.2 Å². The van der Waals surface area contributed by atoms with Crippen LogP contribution in [-0.2, 0) is 4.74 Å². The lowest BCUT2D eigenvalue weighted by Gasteiger charge is -2.28. The van der Waals surface area contributed by atoms with Gasteiger partial charge in [0.1, 0.15) is 6.10 Å². The van der Waals surface area contributed by atoms with Gasteiger partial charge in [0.15, 0.2) is 0 Å². The molecular formula is C17H26N2O2. The Morgan fingerprint density at radius 1 is 1.24 bits per heavy atom. The molecule has 2 rings (SSSR count). The lowest BCUT2D eigenvalue weighted by Crippen LogP contribution is -2.32. The highest BCUT2D eigenvalue weighted by Gasteiger charge is 2.18. The molecular weight excluding hydrogens is 264 g/mol. The highest BCUT2D eigenvalue weighted by atomic mass is 16.6. The van der Waals surface area contributed by atoms with Crippen molar-refractivity contribution in [3.05, 3.63) is 35.9 Å². The number of rotatable bonds is 6. The fourth-order valence-electron chi connectivity index (χ4n) is 2.76. The van der Waals surface area contributed by atoms with Crippen LogP contribution in [0.15, 0.2) is 30.3 Å². The molecule has 0 aromatic heterocycles. The quantitative estimate of drug-likeness (QED) is 0.873. The number of hydrogen-bond acceptors (Lipinski definition) is 3. The van der Waals surface area contributed by atoms with Gasteiger partial charge in [-0.1, -0.05) is 36.8 Å². The molecule has 116 valence electrons. The van der Waals surface area contributed by atoms with Crippen molar-refractivity contribution in [1.29, 1.82) is 0 Å². The molecule has 1 aliphatic heterocycles. The van der Waals surface area contributed by atoms with Gasteiger partial charge < -0.3 is 15.0 Å².